The molecule has 0 atom stereocenters. The lowest BCUT2D eigenvalue weighted by Crippen LogP contribution is -2.20. The van der Waals surface area contributed by atoms with Crippen LogP contribution in [-0.4, -0.2) is 22.5 Å². The highest BCUT2D eigenvalue weighted by Crippen LogP contribution is 2.21. The van der Waals surface area contributed by atoms with Gasteiger partial charge in [0.1, 0.15) is 23.5 Å². The Balaban J connectivity index is 1.40. The average molecular weight is 426 g/mol. The van der Waals surface area contributed by atoms with Crippen molar-refractivity contribution in [1.82, 2.24) is 9.97 Å². The van der Waals surface area contributed by atoms with Crippen LogP contribution in [0.1, 0.15) is 17.0 Å². The van der Waals surface area contributed by atoms with Crippen LogP contribution >= 0.6 is 0 Å². The van der Waals surface area contributed by atoms with Crippen molar-refractivity contribution in [2.75, 3.05) is 11.9 Å². The molecule has 1 amide bonds. The number of aromatic amines is 1. The summed E-state index contributed by atoms with van der Waals surface area (Å²) in [6, 6.07) is 20.6. The number of halogens is 1. The van der Waals surface area contributed by atoms with E-state index in [0.717, 1.165) is 22.2 Å². The Labute approximate surface area is 184 Å². The fourth-order valence-electron chi connectivity index (χ4n) is 3.11. The zero-order valence-electron chi connectivity index (χ0n) is 17.2. The second-order valence-corrected chi connectivity index (χ2v) is 7.19. The summed E-state index contributed by atoms with van der Waals surface area (Å²) in [7, 11) is 0. The number of allylic oxidation sites excluding steroid dienone is 1. The number of amides is 1. The third kappa shape index (κ3) is 4.99. The molecule has 7 heteroatoms. The van der Waals surface area contributed by atoms with Gasteiger partial charge in [-0.2, -0.15) is 5.26 Å². The quantitative estimate of drug-likeness (QED) is 0.420. The molecule has 0 aliphatic heterocycles. The molecule has 4 aromatic rings. The monoisotopic (exact) mass is 426 g/mol. The van der Waals surface area contributed by atoms with E-state index >= 15 is 0 Å². The number of carbonyl (C=O) groups is 1. The Bertz CT molecular complexity index is 1330. The van der Waals surface area contributed by atoms with Gasteiger partial charge in [0.2, 0.25) is 0 Å². The molecule has 158 valence electrons. The number of fused-ring (bicyclic) bond motifs is 1. The molecule has 0 saturated heterocycles. The van der Waals surface area contributed by atoms with E-state index in [0.29, 0.717) is 22.8 Å². The van der Waals surface area contributed by atoms with E-state index in [9.17, 15) is 14.4 Å². The number of aryl methyl sites for hydroxylation is 1. The van der Waals surface area contributed by atoms with E-state index in [-0.39, 0.29) is 18.3 Å². The summed E-state index contributed by atoms with van der Waals surface area (Å²) in [5.41, 5.74) is 4.48. The van der Waals surface area contributed by atoms with Crippen LogP contribution in [0.4, 0.5) is 10.1 Å². The molecule has 6 nitrogen and oxygen atoms in total. The number of rotatable bonds is 6. The molecule has 32 heavy (non-hydrogen) atoms. The SMILES string of the molecule is Cc1ccc2nc(C(C#N)=Cc3ccc(OCC(=O)Nc4ccc(F)cc4)cc3)[nH]c2c1. The fraction of sp³-hybridized carbons (Fsp3) is 0.0800. The van der Waals surface area contributed by atoms with Gasteiger partial charge >= 0.3 is 0 Å². The zero-order chi connectivity index (χ0) is 22.5. The first kappa shape index (κ1) is 20.8. The molecule has 0 unspecified atom stereocenters. The maximum atomic E-state index is 12.9. The van der Waals surface area contributed by atoms with Crippen LogP contribution in [-0.2, 0) is 4.79 Å². The van der Waals surface area contributed by atoms with Crippen LogP contribution in [0.15, 0.2) is 66.7 Å². The van der Waals surface area contributed by atoms with Gasteiger partial charge in [-0.1, -0.05) is 18.2 Å². The van der Waals surface area contributed by atoms with Crippen molar-refractivity contribution in [3.05, 3.63) is 89.5 Å². The van der Waals surface area contributed by atoms with Crippen LogP contribution in [0.3, 0.4) is 0 Å². The van der Waals surface area contributed by atoms with Gasteiger partial charge in [-0.3, -0.25) is 4.79 Å². The number of H-pyrrole nitrogens is 1. The topological polar surface area (TPSA) is 90.8 Å². The minimum Gasteiger partial charge on any atom is -0.484 e. The molecule has 0 saturated carbocycles. The Morgan fingerprint density at radius 3 is 2.62 bits per heavy atom. The second kappa shape index (κ2) is 9.14. The molecule has 0 bridgehead atoms. The molecule has 0 spiro atoms. The van der Waals surface area contributed by atoms with Crippen molar-refractivity contribution >= 4 is 34.3 Å². The molecular weight excluding hydrogens is 407 g/mol. The average Bonchev–Trinajstić information content (AvgIpc) is 3.21. The number of ether oxygens (including phenoxy) is 1. The molecule has 0 aliphatic carbocycles. The number of benzene rings is 3. The lowest BCUT2D eigenvalue weighted by atomic mass is 10.1. The number of aromatic nitrogens is 2. The van der Waals surface area contributed by atoms with E-state index in [1.807, 2.05) is 25.1 Å². The highest BCUT2D eigenvalue weighted by molar-refractivity contribution is 5.92. The molecule has 3 aromatic carbocycles. The van der Waals surface area contributed by atoms with Gasteiger partial charge in [-0.05, 0) is 72.7 Å². The lowest BCUT2D eigenvalue weighted by Gasteiger charge is -2.08. The van der Waals surface area contributed by atoms with Gasteiger partial charge in [0.15, 0.2) is 6.61 Å². The number of carbonyl (C=O) groups excluding carboxylic acids is 1. The van der Waals surface area contributed by atoms with Crippen molar-refractivity contribution in [3.8, 4) is 11.8 Å². The highest BCUT2D eigenvalue weighted by Gasteiger charge is 2.09. The van der Waals surface area contributed by atoms with Crippen LogP contribution in [0, 0.1) is 24.1 Å². The Hall–Kier alpha value is -4.44. The molecule has 0 radical (unpaired) electrons. The maximum absolute atomic E-state index is 12.9. The van der Waals surface area contributed by atoms with E-state index < -0.39 is 0 Å². The number of nitrogens with one attached hydrogen (secondary N) is 2. The van der Waals surface area contributed by atoms with Crippen LogP contribution in [0.25, 0.3) is 22.7 Å². The third-order valence-electron chi connectivity index (χ3n) is 4.70. The predicted octanol–water partition coefficient (Wildman–Crippen LogP) is 5.09. The Morgan fingerprint density at radius 1 is 1.16 bits per heavy atom. The molecule has 2 N–H and O–H groups in total. The first-order chi connectivity index (χ1) is 15.5. The van der Waals surface area contributed by atoms with Crippen LogP contribution in [0.5, 0.6) is 5.75 Å². The standard InChI is InChI=1S/C25H19FN4O2/c1-16-2-11-22-23(12-16)30-25(29-22)18(14-27)13-17-3-9-21(10-4-17)32-15-24(31)28-20-7-5-19(26)6-8-20/h2-13H,15H2,1H3,(H,28,31)(H,29,30). The number of hydrogen-bond donors (Lipinski definition) is 2. The van der Waals surface area contributed by atoms with E-state index in [2.05, 4.69) is 21.4 Å². The summed E-state index contributed by atoms with van der Waals surface area (Å²) < 4.78 is 18.4. The van der Waals surface area contributed by atoms with Gasteiger partial charge in [0, 0.05) is 5.69 Å². The molecule has 0 fully saturated rings. The van der Waals surface area contributed by atoms with Crippen molar-refractivity contribution in [2.24, 2.45) is 0 Å². The van der Waals surface area contributed by atoms with Gasteiger partial charge in [0.25, 0.3) is 5.91 Å². The summed E-state index contributed by atoms with van der Waals surface area (Å²) in [5, 5.41) is 12.2. The van der Waals surface area contributed by atoms with Gasteiger partial charge in [-0.25, -0.2) is 9.37 Å². The smallest absolute Gasteiger partial charge is 0.262 e. The number of imidazole rings is 1. The molecule has 4 rings (SSSR count). The number of hydrogen-bond acceptors (Lipinski definition) is 4. The van der Waals surface area contributed by atoms with Crippen LogP contribution in [0.2, 0.25) is 0 Å². The first-order valence-corrected chi connectivity index (χ1v) is 9.87. The fourth-order valence-corrected chi connectivity index (χ4v) is 3.11. The summed E-state index contributed by atoms with van der Waals surface area (Å²) in [4.78, 5) is 19.7. The van der Waals surface area contributed by atoms with E-state index in [1.54, 1.807) is 30.3 Å². The van der Waals surface area contributed by atoms with Gasteiger partial charge in [0.05, 0.1) is 16.6 Å². The van der Waals surface area contributed by atoms with Crippen LogP contribution < -0.4 is 10.1 Å². The summed E-state index contributed by atoms with van der Waals surface area (Å²) in [6.07, 6.45) is 1.73. The van der Waals surface area contributed by atoms with Crippen molar-refractivity contribution in [1.29, 1.82) is 5.26 Å². The van der Waals surface area contributed by atoms with E-state index in [4.69, 9.17) is 4.74 Å². The number of nitriles is 1. The normalized spacial score (nSPS) is 11.2. The summed E-state index contributed by atoms with van der Waals surface area (Å²) >= 11 is 0. The highest BCUT2D eigenvalue weighted by atomic mass is 19.1. The van der Waals surface area contributed by atoms with E-state index in [1.165, 1.54) is 24.3 Å². The molecule has 1 heterocycles. The Morgan fingerprint density at radius 2 is 1.91 bits per heavy atom. The molecule has 0 aliphatic rings. The van der Waals surface area contributed by atoms with Crippen molar-refractivity contribution in [3.63, 3.8) is 0 Å². The van der Waals surface area contributed by atoms with Gasteiger partial charge < -0.3 is 15.0 Å². The summed E-state index contributed by atoms with van der Waals surface area (Å²) in [5.74, 6) is 0.288. The van der Waals surface area contributed by atoms with Crippen molar-refractivity contribution < 1.29 is 13.9 Å². The maximum Gasteiger partial charge on any atom is 0.262 e. The second-order valence-electron chi connectivity index (χ2n) is 7.19. The Kier molecular flexibility index (Phi) is 5.95. The first-order valence-electron chi connectivity index (χ1n) is 9.87. The third-order valence-corrected chi connectivity index (χ3v) is 4.70. The number of anilines is 1. The molecule has 1 aromatic heterocycles. The zero-order valence-corrected chi connectivity index (χ0v) is 17.2. The predicted molar refractivity (Wildman–Crippen MR) is 121 cm³/mol. The minimum atomic E-state index is -0.372. The van der Waals surface area contributed by atoms with Crippen molar-refractivity contribution in [2.45, 2.75) is 6.92 Å². The largest absolute Gasteiger partial charge is 0.484 e. The van der Waals surface area contributed by atoms with Gasteiger partial charge in [-0.15, -0.1) is 0 Å². The molecular formula is C25H19FN4O2. The summed E-state index contributed by atoms with van der Waals surface area (Å²) in [6.45, 7) is 1.81. The minimum absolute atomic E-state index is 0.186. The lowest BCUT2D eigenvalue weighted by molar-refractivity contribution is -0.118. The number of nitrogens with zero attached hydrogens (tertiary/aromatic N) is 2.